The lowest BCUT2D eigenvalue weighted by atomic mass is 10.0. The highest BCUT2D eigenvalue weighted by Crippen LogP contribution is 2.19. The average Bonchev–Trinajstić information content (AvgIpc) is 3.04. The molecule has 24 heavy (non-hydrogen) atoms. The van der Waals surface area contributed by atoms with Crippen molar-refractivity contribution in [2.45, 2.75) is 12.5 Å². The fourth-order valence-electron chi connectivity index (χ4n) is 2.59. The van der Waals surface area contributed by atoms with Crippen molar-refractivity contribution in [3.05, 3.63) is 66.1 Å². The number of fused-ring (bicyclic) bond motifs is 1. The number of nitrogens with zero attached hydrogens (tertiary/aromatic N) is 1. The van der Waals surface area contributed by atoms with Crippen LogP contribution < -0.4 is 5.32 Å². The van der Waals surface area contributed by atoms with Crippen molar-refractivity contribution in [2.24, 2.45) is 0 Å². The Hall–Kier alpha value is -3.15. The van der Waals surface area contributed by atoms with E-state index in [2.05, 4.69) is 15.3 Å². The molecule has 3 rings (SSSR count). The Balaban J connectivity index is 1.82. The van der Waals surface area contributed by atoms with Gasteiger partial charge in [-0.2, -0.15) is 0 Å². The Morgan fingerprint density at radius 1 is 1.25 bits per heavy atom. The Bertz CT molecular complexity index is 858. The number of carbonyl (C=O) groups is 2. The number of ether oxygens (including phenoxy) is 1. The zero-order valence-electron chi connectivity index (χ0n) is 13.2. The summed E-state index contributed by atoms with van der Waals surface area (Å²) in [5.74, 6) is -0.851. The first kappa shape index (κ1) is 15.7. The molecule has 1 unspecified atom stereocenters. The minimum Gasteiger partial charge on any atom is -0.467 e. The Labute approximate surface area is 138 Å². The molecule has 0 spiro atoms. The van der Waals surface area contributed by atoms with Crippen LogP contribution in [0.25, 0.3) is 10.9 Å². The Morgan fingerprint density at radius 2 is 2.08 bits per heavy atom. The maximum absolute atomic E-state index is 12.3. The van der Waals surface area contributed by atoms with Gasteiger partial charge in [-0.3, -0.25) is 9.78 Å². The van der Waals surface area contributed by atoms with Crippen LogP contribution in [0.3, 0.4) is 0 Å². The van der Waals surface area contributed by atoms with E-state index in [0.717, 1.165) is 16.5 Å². The van der Waals surface area contributed by atoms with Gasteiger partial charge in [0.1, 0.15) is 6.04 Å². The highest BCUT2D eigenvalue weighted by molar-refractivity contribution is 5.96. The van der Waals surface area contributed by atoms with E-state index in [-0.39, 0.29) is 5.91 Å². The van der Waals surface area contributed by atoms with Crippen LogP contribution in [0.1, 0.15) is 15.9 Å². The first-order valence-corrected chi connectivity index (χ1v) is 7.52. The SMILES string of the molecule is COC(=O)C(Cc1c[nH]c2ccccc12)NC(=O)c1cccnc1. The minimum absolute atomic E-state index is 0.336. The normalized spacial score (nSPS) is 11.9. The second-order valence-electron chi connectivity index (χ2n) is 5.35. The summed E-state index contributed by atoms with van der Waals surface area (Å²) >= 11 is 0. The molecule has 0 saturated heterocycles. The van der Waals surface area contributed by atoms with Gasteiger partial charge in [0.15, 0.2) is 0 Å². The van der Waals surface area contributed by atoms with Crippen LogP contribution in [-0.4, -0.2) is 35.0 Å². The molecule has 6 nitrogen and oxygen atoms in total. The molecule has 0 aliphatic carbocycles. The van der Waals surface area contributed by atoms with E-state index in [4.69, 9.17) is 4.74 Å². The molecular weight excluding hydrogens is 306 g/mol. The van der Waals surface area contributed by atoms with Crippen LogP contribution in [0.15, 0.2) is 55.0 Å². The van der Waals surface area contributed by atoms with Crippen molar-refractivity contribution in [1.82, 2.24) is 15.3 Å². The number of benzene rings is 1. The van der Waals surface area contributed by atoms with Gasteiger partial charge in [0.25, 0.3) is 5.91 Å². The lowest BCUT2D eigenvalue weighted by Gasteiger charge is -2.16. The molecular formula is C18H17N3O3. The third-order valence-corrected chi connectivity index (χ3v) is 3.81. The number of rotatable bonds is 5. The Kier molecular flexibility index (Phi) is 4.56. The molecule has 3 aromatic rings. The molecule has 1 amide bonds. The number of amides is 1. The molecule has 1 atom stereocenters. The number of hydrogen-bond acceptors (Lipinski definition) is 4. The van der Waals surface area contributed by atoms with Crippen molar-refractivity contribution < 1.29 is 14.3 Å². The van der Waals surface area contributed by atoms with Crippen LogP contribution in [0, 0.1) is 0 Å². The van der Waals surface area contributed by atoms with E-state index in [9.17, 15) is 9.59 Å². The van der Waals surface area contributed by atoms with Crippen LogP contribution in [-0.2, 0) is 16.0 Å². The number of H-pyrrole nitrogens is 1. The largest absolute Gasteiger partial charge is 0.467 e. The molecule has 0 fully saturated rings. The summed E-state index contributed by atoms with van der Waals surface area (Å²) in [6.07, 6.45) is 5.22. The summed E-state index contributed by atoms with van der Waals surface area (Å²) in [5.41, 5.74) is 2.31. The second kappa shape index (κ2) is 6.95. The number of aromatic amines is 1. The molecule has 2 N–H and O–H groups in total. The zero-order chi connectivity index (χ0) is 16.9. The van der Waals surface area contributed by atoms with Crippen molar-refractivity contribution >= 4 is 22.8 Å². The summed E-state index contributed by atoms with van der Waals surface area (Å²) in [4.78, 5) is 31.5. The molecule has 1 aromatic carbocycles. The standard InChI is InChI=1S/C18H17N3O3/c1-24-18(23)16(21-17(22)12-5-4-8-19-10-12)9-13-11-20-15-7-3-2-6-14(13)15/h2-8,10-11,16,20H,9H2,1H3,(H,21,22). The summed E-state index contributed by atoms with van der Waals surface area (Å²) < 4.78 is 4.83. The van der Waals surface area contributed by atoms with Gasteiger partial charge in [0.2, 0.25) is 0 Å². The van der Waals surface area contributed by atoms with Crippen LogP contribution >= 0.6 is 0 Å². The molecule has 0 radical (unpaired) electrons. The number of esters is 1. The molecule has 2 heterocycles. The summed E-state index contributed by atoms with van der Waals surface area (Å²) in [5, 5.41) is 3.74. The fraction of sp³-hybridized carbons (Fsp3) is 0.167. The van der Waals surface area contributed by atoms with Crippen molar-refractivity contribution in [1.29, 1.82) is 0 Å². The van der Waals surface area contributed by atoms with Gasteiger partial charge in [0.05, 0.1) is 12.7 Å². The van der Waals surface area contributed by atoms with Gasteiger partial charge in [-0.1, -0.05) is 18.2 Å². The second-order valence-corrected chi connectivity index (χ2v) is 5.35. The molecule has 0 bridgehead atoms. The monoisotopic (exact) mass is 323 g/mol. The predicted octanol–water partition coefficient (Wildman–Crippen LogP) is 2.08. The maximum Gasteiger partial charge on any atom is 0.328 e. The maximum atomic E-state index is 12.3. The molecule has 2 aromatic heterocycles. The smallest absolute Gasteiger partial charge is 0.328 e. The summed E-state index contributed by atoms with van der Waals surface area (Å²) in [6, 6.07) is 10.3. The Morgan fingerprint density at radius 3 is 2.83 bits per heavy atom. The quantitative estimate of drug-likeness (QED) is 0.704. The van der Waals surface area contributed by atoms with E-state index < -0.39 is 12.0 Å². The summed E-state index contributed by atoms with van der Waals surface area (Å²) in [6.45, 7) is 0. The number of hydrogen-bond donors (Lipinski definition) is 2. The van der Waals surface area contributed by atoms with E-state index in [1.165, 1.54) is 13.3 Å². The topological polar surface area (TPSA) is 84.1 Å². The lowest BCUT2D eigenvalue weighted by Crippen LogP contribution is -2.43. The van der Waals surface area contributed by atoms with E-state index in [0.29, 0.717) is 12.0 Å². The molecule has 6 heteroatoms. The average molecular weight is 323 g/mol. The van der Waals surface area contributed by atoms with Gasteiger partial charge in [-0.05, 0) is 23.8 Å². The number of carbonyl (C=O) groups excluding carboxylic acids is 2. The molecule has 0 saturated carbocycles. The number of pyridine rings is 1. The first-order valence-electron chi connectivity index (χ1n) is 7.52. The van der Waals surface area contributed by atoms with Gasteiger partial charge < -0.3 is 15.0 Å². The fourth-order valence-corrected chi connectivity index (χ4v) is 2.59. The van der Waals surface area contributed by atoms with E-state index in [1.54, 1.807) is 18.3 Å². The van der Waals surface area contributed by atoms with Crippen molar-refractivity contribution in [3.8, 4) is 0 Å². The number of para-hydroxylation sites is 1. The van der Waals surface area contributed by atoms with Crippen molar-refractivity contribution in [3.63, 3.8) is 0 Å². The minimum atomic E-state index is -0.776. The summed E-state index contributed by atoms with van der Waals surface area (Å²) in [7, 11) is 1.31. The lowest BCUT2D eigenvalue weighted by molar-refractivity contribution is -0.142. The number of aromatic nitrogens is 2. The van der Waals surface area contributed by atoms with Crippen LogP contribution in [0.2, 0.25) is 0 Å². The highest BCUT2D eigenvalue weighted by atomic mass is 16.5. The first-order chi connectivity index (χ1) is 11.7. The predicted molar refractivity (Wildman–Crippen MR) is 89.5 cm³/mol. The third kappa shape index (κ3) is 3.27. The molecule has 0 aliphatic heterocycles. The third-order valence-electron chi connectivity index (χ3n) is 3.81. The zero-order valence-corrected chi connectivity index (χ0v) is 13.2. The van der Waals surface area contributed by atoms with E-state index in [1.807, 2.05) is 30.5 Å². The highest BCUT2D eigenvalue weighted by Gasteiger charge is 2.23. The number of nitrogens with one attached hydrogen (secondary N) is 2. The van der Waals surface area contributed by atoms with E-state index >= 15 is 0 Å². The van der Waals surface area contributed by atoms with Gasteiger partial charge in [0, 0.05) is 35.9 Å². The van der Waals surface area contributed by atoms with Gasteiger partial charge in [-0.15, -0.1) is 0 Å². The molecule has 122 valence electrons. The van der Waals surface area contributed by atoms with Gasteiger partial charge in [-0.25, -0.2) is 4.79 Å². The molecule has 0 aliphatic rings. The number of methoxy groups -OCH3 is 1. The van der Waals surface area contributed by atoms with Crippen LogP contribution in [0.4, 0.5) is 0 Å². The van der Waals surface area contributed by atoms with Gasteiger partial charge >= 0.3 is 5.97 Å². The van der Waals surface area contributed by atoms with Crippen LogP contribution in [0.5, 0.6) is 0 Å². The van der Waals surface area contributed by atoms with Crippen molar-refractivity contribution in [2.75, 3.05) is 7.11 Å².